The summed E-state index contributed by atoms with van der Waals surface area (Å²) in [7, 11) is 1.62. The van der Waals surface area contributed by atoms with Crippen molar-refractivity contribution in [2.45, 2.75) is 27.3 Å². The summed E-state index contributed by atoms with van der Waals surface area (Å²) >= 11 is 5.28. The molecule has 1 heterocycles. The van der Waals surface area contributed by atoms with Crippen molar-refractivity contribution in [2.75, 3.05) is 26.7 Å². The van der Waals surface area contributed by atoms with Crippen LogP contribution < -0.4 is 0 Å². The molecule has 0 saturated carbocycles. The van der Waals surface area contributed by atoms with Gasteiger partial charge in [-0.25, -0.2) is 0 Å². The van der Waals surface area contributed by atoms with Crippen LogP contribution in [0.3, 0.4) is 0 Å². The summed E-state index contributed by atoms with van der Waals surface area (Å²) in [5, 5.41) is 7.00. The molecule has 2 rings (SSSR count). The minimum absolute atomic E-state index is 0.0284. The minimum Gasteiger partial charge on any atom is -0.342 e. The van der Waals surface area contributed by atoms with E-state index in [0.29, 0.717) is 23.7 Å². The second kappa shape index (κ2) is 8.75. The molecule has 0 bridgehead atoms. The number of benzene rings is 1. The average Bonchev–Trinajstić information content (AvgIpc) is 2.96. The summed E-state index contributed by atoms with van der Waals surface area (Å²) < 4.78 is 2.03. The van der Waals surface area contributed by atoms with E-state index in [1.54, 1.807) is 16.5 Å². The molecule has 0 unspecified atom stereocenters. The first-order valence-electron chi connectivity index (χ1n) is 8.61. The molecule has 0 spiro atoms. The van der Waals surface area contributed by atoms with Crippen LogP contribution in [-0.4, -0.2) is 63.1 Å². The molecule has 140 valence electrons. The smallest absolute Gasteiger partial charge is 0.242 e. The Hall–Kier alpha value is -2.48. The highest BCUT2D eigenvalue weighted by Gasteiger charge is 2.19. The van der Waals surface area contributed by atoms with Crippen LogP contribution in [0.1, 0.15) is 19.4 Å². The lowest BCUT2D eigenvalue weighted by atomic mass is 10.1. The molecule has 1 N–H and O–H groups in total. The van der Waals surface area contributed by atoms with Gasteiger partial charge in [0.15, 0.2) is 10.6 Å². The second-order valence-corrected chi connectivity index (χ2v) is 6.51. The van der Waals surface area contributed by atoms with E-state index in [0.717, 1.165) is 11.1 Å². The van der Waals surface area contributed by atoms with E-state index >= 15 is 0 Å². The highest BCUT2D eigenvalue weighted by atomic mass is 32.1. The minimum atomic E-state index is -0.197. The van der Waals surface area contributed by atoms with Crippen molar-refractivity contribution < 1.29 is 9.59 Å². The molecule has 0 radical (unpaired) electrons. The van der Waals surface area contributed by atoms with Gasteiger partial charge < -0.3 is 9.80 Å². The Balaban J connectivity index is 2.16. The van der Waals surface area contributed by atoms with Gasteiger partial charge in [-0.05, 0) is 39.1 Å². The van der Waals surface area contributed by atoms with Crippen LogP contribution in [0, 0.1) is 11.7 Å². The highest BCUT2D eigenvalue weighted by Crippen LogP contribution is 2.18. The predicted octanol–water partition coefficient (Wildman–Crippen LogP) is 2.24. The Kier molecular flexibility index (Phi) is 6.68. The number of aromatic amines is 1. The van der Waals surface area contributed by atoms with Gasteiger partial charge in [-0.2, -0.15) is 5.10 Å². The molecular weight excluding hydrogens is 350 g/mol. The number of aryl methyl sites for hydroxylation is 1. The van der Waals surface area contributed by atoms with Gasteiger partial charge in [0.1, 0.15) is 6.54 Å². The zero-order valence-corrected chi connectivity index (χ0v) is 16.5. The number of carbonyl (C=O) groups excluding carboxylic acids is 2. The number of rotatable bonds is 7. The van der Waals surface area contributed by atoms with E-state index in [2.05, 4.69) is 10.2 Å². The topological polar surface area (TPSA) is 74.2 Å². The Morgan fingerprint density at radius 3 is 2.54 bits per heavy atom. The Bertz CT molecular complexity index is 838. The van der Waals surface area contributed by atoms with Crippen LogP contribution in [0.5, 0.6) is 0 Å². The molecule has 7 nitrogen and oxygen atoms in total. The Morgan fingerprint density at radius 2 is 1.92 bits per heavy atom. The van der Waals surface area contributed by atoms with Crippen molar-refractivity contribution in [3.05, 3.63) is 34.6 Å². The maximum absolute atomic E-state index is 12.6. The number of H-pyrrole nitrogens is 1. The zero-order chi connectivity index (χ0) is 19.3. The number of hydrogen-bond donors (Lipinski definition) is 1. The number of likely N-dealkylation sites (N-methyl/N-ethyl adjacent to an activating group) is 2. The Labute approximate surface area is 158 Å². The highest BCUT2D eigenvalue weighted by molar-refractivity contribution is 7.71. The van der Waals surface area contributed by atoms with Gasteiger partial charge in [-0.15, -0.1) is 0 Å². The maximum Gasteiger partial charge on any atom is 0.242 e. The fourth-order valence-electron chi connectivity index (χ4n) is 2.69. The second-order valence-electron chi connectivity index (χ2n) is 6.12. The standard InChI is InChI=1S/C18H25N5O2S/c1-5-22(6-2)16(25)11-21(4)15(24)12-23-17(19-20-18(23)26)14-9-7-8-13(3)10-14/h7-10H,5-6,11-12H2,1-4H3,(H,20,26). The van der Waals surface area contributed by atoms with Crippen molar-refractivity contribution in [1.29, 1.82) is 0 Å². The van der Waals surface area contributed by atoms with Gasteiger partial charge in [-0.1, -0.05) is 23.8 Å². The monoisotopic (exact) mass is 375 g/mol. The third-order valence-corrected chi connectivity index (χ3v) is 4.55. The zero-order valence-electron chi connectivity index (χ0n) is 15.7. The molecule has 8 heteroatoms. The number of nitrogens with zero attached hydrogens (tertiary/aromatic N) is 4. The van der Waals surface area contributed by atoms with Crippen LogP contribution in [0.25, 0.3) is 11.4 Å². The van der Waals surface area contributed by atoms with Gasteiger partial charge in [-0.3, -0.25) is 19.3 Å². The summed E-state index contributed by atoms with van der Waals surface area (Å²) in [5.41, 5.74) is 1.98. The van der Waals surface area contributed by atoms with Crippen LogP contribution in [-0.2, 0) is 16.1 Å². The summed E-state index contributed by atoms with van der Waals surface area (Å²) in [6, 6.07) is 7.84. The van der Waals surface area contributed by atoms with Crippen LogP contribution in [0.2, 0.25) is 0 Å². The molecule has 2 amide bonds. The predicted molar refractivity (Wildman–Crippen MR) is 103 cm³/mol. The number of nitrogens with one attached hydrogen (secondary N) is 1. The molecule has 1 aromatic heterocycles. The fourth-order valence-corrected chi connectivity index (χ4v) is 2.89. The number of aromatic nitrogens is 3. The molecule has 0 atom stereocenters. The van der Waals surface area contributed by atoms with Crippen LogP contribution >= 0.6 is 12.2 Å². The first-order chi connectivity index (χ1) is 12.4. The van der Waals surface area contributed by atoms with E-state index in [9.17, 15) is 9.59 Å². The Morgan fingerprint density at radius 1 is 1.23 bits per heavy atom. The number of amides is 2. The van der Waals surface area contributed by atoms with Crippen molar-refractivity contribution in [2.24, 2.45) is 0 Å². The molecule has 1 aromatic carbocycles. The third kappa shape index (κ3) is 4.57. The lowest BCUT2D eigenvalue weighted by molar-refractivity contribution is -0.139. The van der Waals surface area contributed by atoms with E-state index in [1.165, 1.54) is 4.90 Å². The van der Waals surface area contributed by atoms with E-state index < -0.39 is 0 Å². The molecule has 0 fully saturated rings. The van der Waals surface area contributed by atoms with Crippen molar-refractivity contribution in [1.82, 2.24) is 24.6 Å². The molecule has 0 saturated heterocycles. The van der Waals surface area contributed by atoms with Crippen molar-refractivity contribution >= 4 is 24.0 Å². The lowest BCUT2D eigenvalue weighted by Gasteiger charge is -2.23. The van der Waals surface area contributed by atoms with Crippen LogP contribution in [0.15, 0.2) is 24.3 Å². The van der Waals surface area contributed by atoms with Crippen molar-refractivity contribution in [3.63, 3.8) is 0 Å². The fraction of sp³-hybridized carbons (Fsp3) is 0.444. The number of carbonyl (C=O) groups is 2. The molecule has 0 aliphatic rings. The van der Waals surface area contributed by atoms with E-state index in [4.69, 9.17) is 12.2 Å². The summed E-state index contributed by atoms with van der Waals surface area (Å²) in [4.78, 5) is 27.9. The molecular formula is C18H25N5O2S. The van der Waals surface area contributed by atoms with Crippen molar-refractivity contribution in [3.8, 4) is 11.4 Å². The maximum atomic E-state index is 12.6. The van der Waals surface area contributed by atoms with Crippen LogP contribution in [0.4, 0.5) is 0 Å². The quantitative estimate of drug-likeness (QED) is 0.753. The average molecular weight is 375 g/mol. The summed E-state index contributed by atoms with van der Waals surface area (Å²) in [6.45, 7) is 7.16. The van der Waals surface area contributed by atoms with Gasteiger partial charge >= 0.3 is 0 Å². The van der Waals surface area contributed by atoms with Gasteiger partial charge in [0.25, 0.3) is 0 Å². The summed E-state index contributed by atoms with van der Waals surface area (Å²) in [5.74, 6) is 0.341. The molecule has 0 aliphatic carbocycles. The summed E-state index contributed by atoms with van der Waals surface area (Å²) in [6.07, 6.45) is 0. The van der Waals surface area contributed by atoms with E-state index in [-0.39, 0.29) is 24.9 Å². The number of hydrogen-bond acceptors (Lipinski definition) is 4. The van der Waals surface area contributed by atoms with Gasteiger partial charge in [0.05, 0.1) is 6.54 Å². The largest absolute Gasteiger partial charge is 0.342 e. The third-order valence-electron chi connectivity index (χ3n) is 4.24. The first kappa shape index (κ1) is 19.8. The normalized spacial score (nSPS) is 10.6. The van der Waals surface area contributed by atoms with Gasteiger partial charge in [0, 0.05) is 25.7 Å². The SMILES string of the molecule is CCN(CC)C(=O)CN(C)C(=O)Cn1c(-c2cccc(C)c2)n[nH]c1=S. The molecule has 26 heavy (non-hydrogen) atoms. The first-order valence-corrected chi connectivity index (χ1v) is 9.02. The molecule has 2 aromatic rings. The molecule has 0 aliphatic heterocycles. The van der Waals surface area contributed by atoms with E-state index in [1.807, 2.05) is 45.0 Å². The lowest BCUT2D eigenvalue weighted by Crippen LogP contribution is -2.42. The van der Waals surface area contributed by atoms with Gasteiger partial charge in [0.2, 0.25) is 11.8 Å².